The molecule has 180 valence electrons. The minimum atomic E-state index is -4.22. The van der Waals surface area contributed by atoms with Crippen molar-refractivity contribution in [2.75, 3.05) is 17.3 Å². The van der Waals surface area contributed by atoms with Crippen LogP contribution in [-0.2, 0) is 26.2 Å². The smallest absolute Gasteiger partial charge is 0.244 e. The molecular weight excluding hydrogens is 465 g/mol. The normalized spacial score (nSPS) is 13.2. The highest BCUT2D eigenvalue weighted by Gasteiger charge is 2.27. The number of hydrogen-bond donors (Lipinski definition) is 3. The highest BCUT2D eigenvalue weighted by atomic mass is 32.2. The van der Waals surface area contributed by atoms with Crippen LogP contribution in [-0.4, -0.2) is 38.3 Å². The van der Waals surface area contributed by atoms with Crippen molar-refractivity contribution in [3.05, 3.63) is 59.9 Å². The molecule has 0 bridgehead atoms. The summed E-state index contributed by atoms with van der Waals surface area (Å²) in [5.41, 5.74) is 1.36. The highest BCUT2D eigenvalue weighted by molar-refractivity contribution is 7.98. The molecule has 0 aromatic heterocycles. The molecule has 0 saturated heterocycles. The monoisotopic (exact) mass is 495 g/mol. The van der Waals surface area contributed by atoms with Gasteiger partial charge in [0, 0.05) is 18.2 Å². The van der Waals surface area contributed by atoms with Crippen LogP contribution in [0.25, 0.3) is 0 Å². The second-order valence-electron chi connectivity index (χ2n) is 7.60. The van der Waals surface area contributed by atoms with Gasteiger partial charge in [0.05, 0.1) is 0 Å². The van der Waals surface area contributed by atoms with Gasteiger partial charge in [-0.25, -0.2) is 12.8 Å². The number of nitrogens with one attached hydrogen (secondary N) is 3. The molecule has 2 rings (SSSR count). The third-order valence-electron chi connectivity index (χ3n) is 5.07. The summed E-state index contributed by atoms with van der Waals surface area (Å²) >= 11 is 1.47. The lowest BCUT2D eigenvalue weighted by Gasteiger charge is -2.19. The Morgan fingerprint density at radius 1 is 1.09 bits per heavy atom. The molecule has 0 aliphatic carbocycles. The number of sulfonamides is 1. The summed E-state index contributed by atoms with van der Waals surface area (Å²) in [6.45, 7) is 3.92. The predicted octanol–water partition coefficient (Wildman–Crippen LogP) is 3.53. The number of hydrogen-bond acceptors (Lipinski definition) is 5. The van der Waals surface area contributed by atoms with Crippen molar-refractivity contribution in [2.45, 2.75) is 44.2 Å². The van der Waals surface area contributed by atoms with E-state index < -0.39 is 32.7 Å². The molecule has 0 heterocycles. The Labute approximate surface area is 199 Å². The van der Waals surface area contributed by atoms with Gasteiger partial charge in [0.25, 0.3) is 0 Å². The summed E-state index contributed by atoms with van der Waals surface area (Å²) in [6.07, 6.45) is 2.81. The zero-order chi connectivity index (χ0) is 24.4. The Kier molecular flexibility index (Phi) is 10.3. The van der Waals surface area contributed by atoms with Gasteiger partial charge in [-0.3, -0.25) is 9.59 Å². The van der Waals surface area contributed by atoms with Gasteiger partial charge < -0.3 is 10.6 Å². The average molecular weight is 496 g/mol. The standard InChI is InChI=1S/C23H30FN3O4S2/c1-4-16(2)22(28)26-18-9-7-8-17(14-18)15-25-23(29)20(12-13-32-3)27-33(30,31)21-11-6-5-10-19(21)24/h5-11,14,16,20,27H,4,12-13,15H2,1-3H3,(H,25,29)(H,26,28). The van der Waals surface area contributed by atoms with E-state index in [0.29, 0.717) is 11.4 Å². The van der Waals surface area contributed by atoms with Gasteiger partial charge in [-0.2, -0.15) is 16.5 Å². The van der Waals surface area contributed by atoms with Crippen LogP contribution in [0.1, 0.15) is 32.3 Å². The van der Waals surface area contributed by atoms with Crippen molar-refractivity contribution in [3.63, 3.8) is 0 Å². The van der Waals surface area contributed by atoms with Crippen molar-refractivity contribution in [3.8, 4) is 0 Å². The van der Waals surface area contributed by atoms with Crippen LogP contribution in [0.4, 0.5) is 10.1 Å². The van der Waals surface area contributed by atoms with Crippen LogP contribution in [0.3, 0.4) is 0 Å². The molecule has 2 aromatic carbocycles. The number of thioether (sulfide) groups is 1. The number of rotatable bonds is 12. The molecule has 7 nitrogen and oxygen atoms in total. The zero-order valence-electron chi connectivity index (χ0n) is 18.9. The van der Waals surface area contributed by atoms with Gasteiger partial charge in [0.15, 0.2) is 0 Å². The topological polar surface area (TPSA) is 104 Å². The van der Waals surface area contributed by atoms with Gasteiger partial charge in [0.1, 0.15) is 16.8 Å². The number of halogens is 1. The first-order valence-corrected chi connectivity index (χ1v) is 13.5. The first-order chi connectivity index (χ1) is 15.7. The Morgan fingerprint density at radius 2 is 1.82 bits per heavy atom. The lowest BCUT2D eigenvalue weighted by Crippen LogP contribution is -2.46. The summed E-state index contributed by atoms with van der Waals surface area (Å²) in [5.74, 6) is -1.07. The number of carbonyl (C=O) groups excluding carboxylic acids is 2. The van der Waals surface area contributed by atoms with Crippen molar-refractivity contribution in [2.24, 2.45) is 5.92 Å². The van der Waals surface area contributed by atoms with E-state index in [1.807, 2.05) is 20.1 Å². The number of benzene rings is 2. The van der Waals surface area contributed by atoms with Crippen LogP contribution < -0.4 is 15.4 Å². The van der Waals surface area contributed by atoms with Crippen LogP contribution in [0.2, 0.25) is 0 Å². The minimum absolute atomic E-state index is 0.0848. The van der Waals surface area contributed by atoms with E-state index in [1.165, 1.54) is 23.9 Å². The van der Waals surface area contributed by atoms with Crippen molar-refractivity contribution in [1.82, 2.24) is 10.0 Å². The average Bonchev–Trinajstić information content (AvgIpc) is 2.79. The Balaban J connectivity index is 2.08. The Morgan fingerprint density at radius 3 is 2.48 bits per heavy atom. The molecule has 33 heavy (non-hydrogen) atoms. The fourth-order valence-corrected chi connectivity index (χ4v) is 4.70. The third-order valence-corrected chi connectivity index (χ3v) is 7.22. The summed E-state index contributed by atoms with van der Waals surface area (Å²) in [4.78, 5) is 24.4. The van der Waals surface area contributed by atoms with Crippen molar-refractivity contribution < 1.29 is 22.4 Å². The predicted molar refractivity (Wildman–Crippen MR) is 130 cm³/mol. The second-order valence-corrected chi connectivity index (χ2v) is 10.3. The molecule has 2 unspecified atom stereocenters. The second kappa shape index (κ2) is 12.7. The van der Waals surface area contributed by atoms with E-state index in [1.54, 1.807) is 24.3 Å². The summed E-state index contributed by atoms with van der Waals surface area (Å²) in [6, 6.07) is 11.0. The SMILES string of the molecule is CCC(C)C(=O)Nc1cccc(CNC(=O)C(CCSC)NS(=O)(=O)c2ccccc2F)c1. The lowest BCUT2D eigenvalue weighted by molar-refractivity contribution is -0.123. The number of amides is 2. The largest absolute Gasteiger partial charge is 0.351 e. The molecule has 0 spiro atoms. The molecule has 3 N–H and O–H groups in total. The van der Waals surface area contributed by atoms with E-state index in [4.69, 9.17) is 0 Å². The number of anilines is 1. The Bertz CT molecular complexity index is 1060. The van der Waals surface area contributed by atoms with Crippen molar-refractivity contribution in [1.29, 1.82) is 0 Å². The lowest BCUT2D eigenvalue weighted by atomic mass is 10.1. The van der Waals surface area contributed by atoms with Crippen LogP contribution in [0.5, 0.6) is 0 Å². The van der Waals surface area contributed by atoms with Gasteiger partial charge in [-0.1, -0.05) is 38.1 Å². The molecule has 0 fully saturated rings. The summed E-state index contributed by atoms with van der Waals surface area (Å²) in [5, 5.41) is 5.57. The molecule has 0 radical (unpaired) electrons. The number of carbonyl (C=O) groups is 2. The molecular formula is C23H30FN3O4S2. The highest BCUT2D eigenvalue weighted by Crippen LogP contribution is 2.16. The molecule has 2 amide bonds. The first-order valence-electron chi connectivity index (χ1n) is 10.6. The summed E-state index contributed by atoms with van der Waals surface area (Å²) < 4.78 is 41.6. The van der Waals surface area contributed by atoms with Crippen molar-refractivity contribution >= 4 is 39.3 Å². The van der Waals surface area contributed by atoms with Crippen LogP contribution in [0.15, 0.2) is 53.4 Å². The maximum atomic E-state index is 14.0. The van der Waals surface area contributed by atoms with E-state index in [9.17, 15) is 22.4 Å². The molecule has 0 saturated carbocycles. The minimum Gasteiger partial charge on any atom is -0.351 e. The third kappa shape index (κ3) is 8.13. The van der Waals surface area contributed by atoms with Crippen LogP contribution >= 0.6 is 11.8 Å². The molecule has 0 aliphatic rings. The zero-order valence-corrected chi connectivity index (χ0v) is 20.6. The molecule has 0 aliphatic heterocycles. The van der Waals surface area contributed by atoms with E-state index in [0.717, 1.165) is 24.1 Å². The first kappa shape index (κ1) is 26.8. The van der Waals surface area contributed by atoms with Gasteiger partial charge in [-0.15, -0.1) is 0 Å². The fraction of sp³-hybridized carbons (Fsp3) is 0.391. The van der Waals surface area contributed by atoms with E-state index in [-0.39, 0.29) is 24.8 Å². The maximum absolute atomic E-state index is 14.0. The van der Waals surface area contributed by atoms with Gasteiger partial charge in [0.2, 0.25) is 21.8 Å². The van der Waals surface area contributed by atoms with Gasteiger partial charge >= 0.3 is 0 Å². The molecule has 2 aromatic rings. The van der Waals surface area contributed by atoms with E-state index in [2.05, 4.69) is 15.4 Å². The summed E-state index contributed by atoms with van der Waals surface area (Å²) in [7, 11) is -4.22. The maximum Gasteiger partial charge on any atom is 0.244 e. The Hall–Kier alpha value is -2.43. The van der Waals surface area contributed by atoms with E-state index >= 15 is 0 Å². The van der Waals surface area contributed by atoms with Crippen LogP contribution in [0, 0.1) is 11.7 Å². The van der Waals surface area contributed by atoms with Gasteiger partial charge in [-0.05, 0) is 54.7 Å². The molecule has 2 atom stereocenters. The molecule has 10 heteroatoms. The quantitative estimate of drug-likeness (QED) is 0.418. The fourth-order valence-electron chi connectivity index (χ4n) is 2.91.